The van der Waals surface area contributed by atoms with Gasteiger partial charge in [0.1, 0.15) is 0 Å². The first-order valence-corrected chi connectivity index (χ1v) is 6.40. The monoisotopic (exact) mass is 228 g/mol. The zero-order valence-electron chi connectivity index (χ0n) is 9.14. The van der Waals surface area contributed by atoms with Crippen LogP contribution in [0.4, 0.5) is 0 Å². The molecule has 1 aromatic rings. The third-order valence-corrected chi connectivity index (χ3v) is 4.02. The summed E-state index contributed by atoms with van der Waals surface area (Å²) in [7, 11) is -3.24. The van der Waals surface area contributed by atoms with Crippen molar-refractivity contribution in [3.63, 3.8) is 0 Å². The summed E-state index contributed by atoms with van der Waals surface area (Å²) in [6.07, 6.45) is 1.65. The Bertz CT molecular complexity index is 401. The van der Waals surface area contributed by atoms with Gasteiger partial charge in [-0.1, -0.05) is 6.07 Å². The molecule has 0 aliphatic heterocycles. The van der Waals surface area contributed by atoms with Crippen molar-refractivity contribution in [2.24, 2.45) is 0 Å². The van der Waals surface area contributed by atoms with Crippen LogP contribution in [0.15, 0.2) is 24.4 Å². The van der Waals surface area contributed by atoms with E-state index in [1.807, 2.05) is 6.07 Å². The average molecular weight is 228 g/mol. The second-order valence-electron chi connectivity index (χ2n) is 3.69. The van der Waals surface area contributed by atoms with Crippen LogP contribution in [0.3, 0.4) is 0 Å². The van der Waals surface area contributed by atoms with Gasteiger partial charge in [-0.25, -0.2) is 13.1 Å². The fourth-order valence-electron chi connectivity index (χ4n) is 1.07. The number of hydrogen-bond acceptors (Lipinski definition) is 3. The van der Waals surface area contributed by atoms with Crippen LogP contribution in [-0.2, 0) is 10.0 Å². The third-order valence-electron chi connectivity index (χ3n) is 2.09. The summed E-state index contributed by atoms with van der Waals surface area (Å²) in [6.45, 7) is 5.07. The molecule has 0 fully saturated rings. The molecule has 0 saturated carbocycles. The van der Waals surface area contributed by atoms with Gasteiger partial charge in [0.25, 0.3) is 0 Å². The predicted octanol–water partition coefficient (Wildman–Crippen LogP) is 1.47. The summed E-state index contributed by atoms with van der Waals surface area (Å²) < 4.78 is 25.7. The minimum atomic E-state index is -3.24. The van der Waals surface area contributed by atoms with Crippen molar-refractivity contribution in [1.29, 1.82) is 0 Å². The lowest BCUT2D eigenvalue weighted by Crippen LogP contribution is -2.33. The molecule has 5 heteroatoms. The number of pyridine rings is 1. The summed E-state index contributed by atoms with van der Waals surface area (Å²) in [4.78, 5) is 4.10. The highest BCUT2D eigenvalue weighted by molar-refractivity contribution is 7.90. The maximum Gasteiger partial charge on any atom is 0.214 e. The first-order chi connectivity index (χ1) is 6.93. The van der Waals surface area contributed by atoms with E-state index in [-0.39, 0.29) is 6.04 Å². The van der Waals surface area contributed by atoms with E-state index >= 15 is 0 Å². The van der Waals surface area contributed by atoms with E-state index in [9.17, 15) is 8.42 Å². The summed E-state index contributed by atoms with van der Waals surface area (Å²) in [5.41, 5.74) is 0.724. The van der Waals surface area contributed by atoms with Crippen molar-refractivity contribution in [3.8, 4) is 0 Å². The molecule has 0 aromatic carbocycles. The SMILES string of the molecule is CC(C)S(=O)(=O)N[C@H](C)c1ccccn1. The lowest BCUT2D eigenvalue weighted by atomic mass is 10.2. The minimum absolute atomic E-state index is 0.293. The van der Waals surface area contributed by atoms with Gasteiger partial charge in [-0.05, 0) is 32.9 Å². The number of sulfonamides is 1. The van der Waals surface area contributed by atoms with Crippen LogP contribution in [-0.4, -0.2) is 18.7 Å². The lowest BCUT2D eigenvalue weighted by Gasteiger charge is -2.15. The highest BCUT2D eigenvalue weighted by Gasteiger charge is 2.19. The predicted molar refractivity (Wildman–Crippen MR) is 59.8 cm³/mol. The van der Waals surface area contributed by atoms with Gasteiger partial charge in [-0.15, -0.1) is 0 Å². The van der Waals surface area contributed by atoms with Gasteiger partial charge in [-0.2, -0.15) is 0 Å². The van der Waals surface area contributed by atoms with E-state index in [0.717, 1.165) is 5.69 Å². The van der Waals surface area contributed by atoms with E-state index in [1.165, 1.54) is 0 Å². The maximum atomic E-state index is 11.6. The van der Waals surface area contributed by atoms with E-state index in [2.05, 4.69) is 9.71 Å². The standard InChI is InChI=1S/C10H16N2O2S/c1-8(2)15(13,14)12-9(3)10-6-4-5-7-11-10/h4-9,12H,1-3H3/t9-/m1/s1. The molecule has 1 N–H and O–H groups in total. The zero-order chi connectivity index (χ0) is 11.5. The van der Waals surface area contributed by atoms with Gasteiger partial charge in [0.15, 0.2) is 0 Å². The molecule has 0 radical (unpaired) electrons. The van der Waals surface area contributed by atoms with E-state index in [4.69, 9.17) is 0 Å². The summed E-state index contributed by atoms with van der Waals surface area (Å²) in [5.74, 6) is 0. The zero-order valence-corrected chi connectivity index (χ0v) is 9.95. The molecule has 0 amide bonds. The van der Waals surface area contributed by atoms with Crippen molar-refractivity contribution in [2.75, 3.05) is 0 Å². The van der Waals surface area contributed by atoms with Crippen molar-refractivity contribution < 1.29 is 8.42 Å². The molecule has 1 atom stereocenters. The van der Waals surface area contributed by atoms with Crippen molar-refractivity contribution in [3.05, 3.63) is 30.1 Å². The van der Waals surface area contributed by atoms with Crippen molar-refractivity contribution in [1.82, 2.24) is 9.71 Å². The largest absolute Gasteiger partial charge is 0.260 e. The Balaban J connectivity index is 2.77. The van der Waals surface area contributed by atoms with Crippen LogP contribution in [0.25, 0.3) is 0 Å². The van der Waals surface area contributed by atoms with Gasteiger partial charge in [0.2, 0.25) is 10.0 Å². The van der Waals surface area contributed by atoms with Gasteiger partial charge in [0, 0.05) is 6.20 Å². The highest BCUT2D eigenvalue weighted by Crippen LogP contribution is 2.11. The second-order valence-corrected chi connectivity index (χ2v) is 5.96. The lowest BCUT2D eigenvalue weighted by molar-refractivity contribution is 0.555. The van der Waals surface area contributed by atoms with Crippen LogP contribution in [0.1, 0.15) is 32.5 Å². The number of rotatable bonds is 4. The van der Waals surface area contributed by atoms with E-state index in [0.29, 0.717) is 0 Å². The van der Waals surface area contributed by atoms with Gasteiger partial charge in [-0.3, -0.25) is 4.98 Å². The molecule has 0 aliphatic rings. The number of aromatic nitrogens is 1. The topological polar surface area (TPSA) is 59.1 Å². The normalized spacial score (nSPS) is 14.1. The molecule has 4 nitrogen and oxygen atoms in total. The Labute approximate surface area is 90.8 Å². The highest BCUT2D eigenvalue weighted by atomic mass is 32.2. The Morgan fingerprint density at radius 2 is 1.93 bits per heavy atom. The Kier molecular flexibility index (Phi) is 3.82. The van der Waals surface area contributed by atoms with Crippen LogP contribution in [0.5, 0.6) is 0 Å². The molecule has 15 heavy (non-hydrogen) atoms. The van der Waals surface area contributed by atoms with E-state index in [1.54, 1.807) is 39.1 Å². The second kappa shape index (κ2) is 4.72. The molecular weight excluding hydrogens is 212 g/mol. The molecule has 84 valence electrons. The first-order valence-electron chi connectivity index (χ1n) is 4.85. The molecule has 0 aliphatic carbocycles. The van der Waals surface area contributed by atoms with Crippen LogP contribution < -0.4 is 4.72 Å². The third kappa shape index (κ3) is 3.28. The molecule has 1 rings (SSSR count). The average Bonchev–Trinajstić information content (AvgIpc) is 2.18. The fraction of sp³-hybridized carbons (Fsp3) is 0.500. The fourth-order valence-corrected chi connectivity index (χ4v) is 1.96. The molecule has 0 bridgehead atoms. The summed E-state index contributed by atoms with van der Waals surface area (Å²) >= 11 is 0. The Hall–Kier alpha value is -0.940. The maximum absolute atomic E-state index is 11.6. The van der Waals surface area contributed by atoms with Crippen LogP contribution in [0, 0.1) is 0 Å². The molecule has 0 saturated heterocycles. The Morgan fingerprint density at radius 3 is 2.40 bits per heavy atom. The van der Waals surface area contributed by atoms with Crippen molar-refractivity contribution >= 4 is 10.0 Å². The van der Waals surface area contributed by atoms with E-state index < -0.39 is 15.3 Å². The number of nitrogens with zero attached hydrogens (tertiary/aromatic N) is 1. The van der Waals surface area contributed by atoms with Gasteiger partial charge in [0.05, 0.1) is 17.0 Å². The van der Waals surface area contributed by atoms with Gasteiger partial charge < -0.3 is 0 Å². The van der Waals surface area contributed by atoms with Crippen molar-refractivity contribution in [2.45, 2.75) is 32.1 Å². The quantitative estimate of drug-likeness (QED) is 0.849. The first kappa shape index (κ1) is 12.1. The minimum Gasteiger partial charge on any atom is -0.260 e. The molecule has 0 spiro atoms. The smallest absolute Gasteiger partial charge is 0.214 e. The Morgan fingerprint density at radius 1 is 1.27 bits per heavy atom. The van der Waals surface area contributed by atoms with Crippen LogP contribution in [0.2, 0.25) is 0 Å². The molecular formula is C10H16N2O2S. The molecule has 1 heterocycles. The summed E-state index contributed by atoms with van der Waals surface area (Å²) in [5, 5.41) is -0.427. The molecule has 0 unspecified atom stereocenters. The number of nitrogens with one attached hydrogen (secondary N) is 1. The molecule has 1 aromatic heterocycles. The van der Waals surface area contributed by atoms with Crippen LogP contribution >= 0.6 is 0 Å². The van der Waals surface area contributed by atoms with Gasteiger partial charge >= 0.3 is 0 Å². The number of hydrogen-bond donors (Lipinski definition) is 1. The summed E-state index contributed by atoms with van der Waals surface area (Å²) in [6, 6.07) is 5.14.